The topological polar surface area (TPSA) is 98.9 Å². The third-order valence-corrected chi connectivity index (χ3v) is 5.45. The van der Waals surface area contributed by atoms with Gasteiger partial charge >= 0.3 is 0 Å². The van der Waals surface area contributed by atoms with Gasteiger partial charge in [-0.15, -0.1) is 0 Å². The number of aliphatic imine (C=N–C) groups is 8. The Bertz CT molecular complexity index is 882. The Morgan fingerprint density at radius 2 is 0.483 bits per heavy atom. The van der Waals surface area contributed by atoms with Crippen LogP contribution in [-0.2, 0) is 0 Å². The first kappa shape index (κ1) is 68.1. The zero-order valence-corrected chi connectivity index (χ0v) is 43.7. The van der Waals surface area contributed by atoms with Crippen LogP contribution in [0.4, 0.5) is 0 Å². The van der Waals surface area contributed by atoms with E-state index in [-0.39, 0.29) is 0 Å². The van der Waals surface area contributed by atoms with Crippen LogP contribution in [0.5, 0.6) is 0 Å². The maximum Gasteiger partial charge on any atom is 0.109 e. The van der Waals surface area contributed by atoms with Crippen LogP contribution in [0.2, 0.25) is 0 Å². The third-order valence-electron chi connectivity index (χ3n) is 5.45. The highest BCUT2D eigenvalue weighted by molar-refractivity contribution is 5.74. The molecule has 0 saturated heterocycles. The third kappa shape index (κ3) is 105. The van der Waals surface area contributed by atoms with Gasteiger partial charge in [-0.1, -0.05) is 135 Å². The lowest BCUT2D eigenvalue weighted by Gasteiger charge is -1.92. The molecule has 60 heavy (non-hydrogen) atoms. The quantitative estimate of drug-likeness (QED) is 0.0970. The van der Waals surface area contributed by atoms with Crippen molar-refractivity contribution in [1.82, 2.24) is 0 Å². The monoisotopic (exact) mass is 837 g/mol. The molecule has 0 N–H and O–H groups in total. The van der Waals surface area contributed by atoms with Crippen molar-refractivity contribution >= 4 is 50.0 Å². The Hall–Kier alpha value is -3.68. The van der Waals surface area contributed by atoms with E-state index in [1.54, 1.807) is 12.7 Å². The molecule has 0 spiro atoms. The Morgan fingerprint density at radius 3 is 0.683 bits per heavy atom. The van der Waals surface area contributed by atoms with Crippen LogP contribution >= 0.6 is 0 Å². The van der Waals surface area contributed by atoms with E-state index in [0.717, 1.165) is 0 Å². The van der Waals surface area contributed by atoms with Crippen molar-refractivity contribution in [3.05, 3.63) is 48.9 Å². The normalized spacial score (nSPS) is 13.0. The lowest BCUT2D eigenvalue weighted by Crippen LogP contribution is -1.90. The maximum absolute atomic E-state index is 4.18. The number of nitrogens with zero attached hydrogens (tertiary/aromatic N) is 8. The summed E-state index contributed by atoms with van der Waals surface area (Å²) in [5.41, 5.74) is 0. The number of allylic oxidation sites excluding steroid dienone is 6. The molecular formula is C52H100N8. The van der Waals surface area contributed by atoms with Gasteiger partial charge < -0.3 is 0 Å². The smallest absolute Gasteiger partial charge is 0.109 e. The molecule has 0 aromatic rings. The standard InChI is InChI=1S/4C9H17N.2C8H16N2/c2*1-8(2)5-6-10-7-9(3)4;2*1-8(2)6-5-7-10-9(3)4;2*1-7(2)5-9-6-10-8(3)4/h4*5-9H,1-4H3;2*5-8H,1-4H3/b4*6-5-,10-7?;;. The van der Waals surface area contributed by atoms with Gasteiger partial charge in [0.05, 0.1) is 0 Å². The molecule has 0 aliphatic rings. The van der Waals surface area contributed by atoms with Crippen LogP contribution in [0.15, 0.2) is 88.8 Å². The van der Waals surface area contributed by atoms with Gasteiger partial charge in [0.1, 0.15) is 12.7 Å². The predicted molar refractivity (Wildman–Crippen MR) is 284 cm³/mol. The molecule has 0 aromatic heterocycles. The van der Waals surface area contributed by atoms with E-state index in [1.807, 2.05) is 89.5 Å². The molecule has 0 saturated carbocycles. The van der Waals surface area contributed by atoms with E-state index in [9.17, 15) is 0 Å². The zero-order chi connectivity index (χ0) is 47.9. The van der Waals surface area contributed by atoms with Gasteiger partial charge in [-0.2, -0.15) is 0 Å². The summed E-state index contributed by atoms with van der Waals surface area (Å²) in [5, 5.41) is 0. The number of rotatable bonds is 18. The van der Waals surface area contributed by atoms with Crippen molar-refractivity contribution in [2.45, 2.75) is 190 Å². The summed E-state index contributed by atoms with van der Waals surface area (Å²) in [6.07, 6.45) is 30.8. The second kappa shape index (κ2) is 51.5. The summed E-state index contributed by atoms with van der Waals surface area (Å²) < 4.78 is 0. The van der Waals surface area contributed by atoms with Crippen LogP contribution in [-0.4, -0.2) is 74.1 Å². The highest BCUT2D eigenvalue weighted by Gasteiger charge is 1.87. The fraction of sp³-hybridized carbons (Fsp3) is 0.692. The van der Waals surface area contributed by atoms with Crippen molar-refractivity contribution in [2.75, 3.05) is 0 Å². The van der Waals surface area contributed by atoms with Gasteiger partial charge in [-0.3, -0.25) is 30.0 Å². The molecule has 0 aromatic carbocycles. The lowest BCUT2D eigenvalue weighted by molar-refractivity contribution is 0.828. The van der Waals surface area contributed by atoms with Crippen LogP contribution in [0, 0.1) is 47.3 Å². The SMILES string of the molecule is CC(C)/C=C\C=NC(C)C.CC(C)/C=C\C=NC(C)C.CC(C)C=N/C=C\C(C)C.CC(C)C=N/C=C\C(C)C.CC(C)C=NC=NC(C)C.CC(C)C=NC=NC(C)C. The van der Waals surface area contributed by atoms with Crippen LogP contribution in [0.3, 0.4) is 0 Å². The predicted octanol–water partition coefficient (Wildman–Crippen LogP) is 15.4. The molecule has 8 nitrogen and oxygen atoms in total. The Kier molecular flexibility index (Phi) is 58.4. The molecule has 0 radical (unpaired) electrons. The minimum atomic E-state index is 0.351. The van der Waals surface area contributed by atoms with Gasteiger partial charge in [-0.05, 0) is 115 Å². The Balaban J connectivity index is -0.000000146. The molecule has 348 valence electrons. The number of hydrogen-bond donors (Lipinski definition) is 0. The Labute approximate surface area is 375 Å². The van der Waals surface area contributed by atoms with Crippen molar-refractivity contribution < 1.29 is 0 Å². The van der Waals surface area contributed by atoms with Gasteiger partial charge in [0.25, 0.3) is 0 Å². The summed E-state index contributed by atoms with van der Waals surface area (Å²) in [5.74, 6) is 4.58. The maximum atomic E-state index is 4.18. The molecule has 0 amide bonds. The van der Waals surface area contributed by atoms with E-state index in [2.05, 4.69) is 203 Å². The zero-order valence-electron chi connectivity index (χ0n) is 43.7. The molecule has 0 atom stereocenters. The molecule has 0 aliphatic heterocycles. The average Bonchev–Trinajstić information content (AvgIpc) is 3.10. The van der Waals surface area contributed by atoms with Gasteiger partial charge in [-0.25, -0.2) is 9.98 Å². The summed E-state index contributed by atoms with van der Waals surface area (Å²) in [6.45, 7) is 50.4. The van der Waals surface area contributed by atoms with Gasteiger partial charge in [0, 0.05) is 73.9 Å². The highest BCUT2D eigenvalue weighted by atomic mass is 14.9. The van der Waals surface area contributed by atoms with Gasteiger partial charge in [0.2, 0.25) is 0 Å². The second-order valence-electron chi connectivity index (χ2n) is 18.1. The lowest BCUT2D eigenvalue weighted by atomic mass is 10.2. The molecule has 0 heterocycles. The molecule has 0 aliphatic carbocycles. The molecule has 0 rings (SSSR count). The van der Waals surface area contributed by atoms with E-state index >= 15 is 0 Å². The minimum absolute atomic E-state index is 0.351. The summed E-state index contributed by atoms with van der Waals surface area (Å²) in [4.78, 5) is 32.7. The number of hydrogen-bond acceptors (Lipinski definition) is 6. The molecule has 0 bridgehead atoms. The summed E-state index contributed by atoms with van der Waals surface area (Å²) >= 11 is 0. The van der Waals surface area contributed by atoms with Gasteiger partial charge in [0.15, 0.2) is 0 Å². The van der Waals surface area contributed by atoms with E-state index in [1.165, 1.54) is 0 Å². The summed E-state index contributed by atoms with van der Waals surface area (Å²) in [6, 6.07) is 1.53. The van der Waals surface area contributed by atoms with Crippen LogP contribution in [0.25, 0.3) is 0 Å². The fourth-order valence-electron chi connectivity index (χ4n) is 2.64. The second-order valence-corrected chi connectivity index (χ2v) is 18.1. The molecule has 0 fully saturated rings. The molecule has 8 heteroatoms. The summed E-state index contributed by atoms with van der Waals surface area (Å²) in [7, 11) is 0. The van der Waals surface area contributed by atoms with Crippen LogP contribution in [0.1, 0.15) is 166 Å². The van der Waals surface area contributed by atoms with Crippen molar-refractivity contribution in [3.8, 4) is 0 Å². The largest absolute Gasteiger partial charge is 0.290 e. The van der Waals surface area contributed by atoms with E-state index in [4.69, 9.17) is 0 Å². The Morgan fingerprint density at radius 1 is 0.250 bits per heavy atom. The first-order chi connectivity index (χ1) is 27.8. The minimum Gasteiger partial charge on any atom is -0.290 e. The van der Waals surface area contributed by atoms with E-state index in [0.29, 0.717) is 71.5 Å². The fourth-order valence-corrected chi connectivity index (χ4v) is 2.64. The van der Waals surface area contributed by atoms with Crippen molar-refractivity contribution in [1.29, 1.82) is 0 Å². The van der Waals surface area contributed by atoms with E-state index < -0.39 is 0 Å². The highest BCUT2D eigenvalue weighted by Crippen LogP contribution is 1.96. The van der Waals surface area contributed by atoms with Crippen molar-refractivity contribution in [2.24, 2.45) is 87.3 Å². The van der Waals surface area contributed by atoms with Crippen molar-refractivity contribution in [3.63, 3.8) is 0 Å². The first-order valence-electron chi connectivity index (χ1n) is 22.7. The molecular weight excluding hydrogens is 737 g/mol. The first-order valence-corrected chi connectivity index (χ1v) is 22.7. The average molecular weight is 837 g/mol. The molecule has 0 unspecified atom stereocenters. The van der Waals surface area contributed by atoms with Crippen LogP contribution < -0.4 is 0 Å².